The highest BCUT2D eigenvalue weighted by Crippen LogP contribution is 2.24. The van der Waals surface area contributed by atoms with Crippen molar-refractivity contribution in [1.29, 1.82) is 0 Å². The Morgan fingerprint density at radius 3 is 3.17 bits per heavy atom. The standard InChI is InChI=1S/C17H18FN5/c18-14-3-1-2-13(8-14)16-10-19-4-6-22(16)12-15-9-21-17-11-20-5-7-23(15)17/h1-3,5,7-9,11,16,19H,4,6,10,12H2. The number of hydrogen-bond donors (Lipinski definition) is 1. The third-order valence-corrected chi connectivity index (χ3v) is 4.35. The number of piperazine rings is 1. The highest BCUT2D eigenvalue weighted by molar-refractivity contribution is 5.37. The van der Waals surface area contributed by atoms with Gasteiger partial charge in [0.2, 0.25) is 0 Å². The average Bonchev–Trinajstić information content (AvgIpc) is 2.99. The summed E-state index contributed by atoms with van der Waals surface area (Å²) in [5.41, 5.74) is 2.97. The molecule has 1 atom stereocenters. The van der Waals surface area contributed by atoms with E-state index >= 15 is 0 Å². The van der Waals surface area contributed by atoms with Crippen LogP contribution in [0.5, 0.6) is 0 Å². The Kier molecular flexibility index (Phi) is 3.77. The van der Waals surface area contributed by atoms with Gasteiger partial charge in [-0.2, -0.15) is 0 Å². The van der Waals surface area contributed by atoms with Gasteiger partial charge in [-0.25, -0.2) is 9.37 Å². The molecule has 2 aromatic heterocycles. The van der Waals surface area contributed by atoms with Crippen LogP contribution in [-0.2, 0) is 6.54 Å². The zero-order valence-corrected chi connectivity index (χ0v) is 12.7. The van der Waals surface area contributed by atoms with Gasteiger partial charge in [-0.15, -0.1) is 0 Å². The van der Waals surface area contributed by atoms with Gasteiger partial charge >= 0.3 is 0 Å². The molecule has 1 aromatic carbocycles. The van der Waals surface area contributed by atoms with E-state index in [1.54, 1.807) is 24.5 Å². The predicted molar refractivity (Wildman–Crippen MR) is 85.4 cm³/mol. The Hall–Kier alpha value is -2.31. The molecule has 4 rings (SSSR count). The number of imidazole rings is 1. The lowest BCUT2D eigenvalue weighted by Crippen LogP contribution is -2.45. The quantitative estimate of drug-likeness (QED) is 0.804. The van der Waals surface area contributed by atoms with Gasteiger partial charge in [-0.3, -0.25) is 14.3 Å². The van der Waals surface area contributed by atoms with Crippen molar-refractivity contribution in [3.05, 3.63) is 66.1 Å². The number of nitrogens with one attached hydrogen (secondary N) is 1. The molecule has 1 unspecified atom stereocenters. The fraction of sp³-hybridized carbons (Fsp3) is 0.294. The van der Waals surface area contributed by atoms with Crippen LogP contribution in [0.1, 0.15) is 17.3 Å². The summed E-state index contributed by atoms with van der Waals surface area (Å²) in [5, 5.41) is 3.40. The lowest BCUT2D eigenvalue weighted by molar-refractivity contribution is 0.151. The van der Waals surface area contributed by atoms with Crippen LogP contribution in [0.15, 0.2) is 49.1 Å². The smallest absolute Gasteiger partial charge is 0.155 e. The molecular formula is C17H18FN5. The van der Waals surface area contributed by atoms with E-state index in [1.807, 2.05) is 18.5 Å². The SMILES string of the molecule is Fc1cccc(C2CNCCN2Cc2cnc3cnccn23)c1. The van der Waals surface area contributed by atoms with E-state index in [2.05, 4.69) is 24.6 Å². The lowest BCUT2D eigenvalue weighted by Gasteiger charge is -2.36. The minimum atomic E-state index is -0.186. The maximum absolute atomic E-state index is 13.6. The Balaban J connectivity index is 1.63. The first-order chi connectivity index (χ1) is 11.3. The van der Waals surface area contributed by atoms with E-state index in [9.17, 15) is 4.39 Å². The van der Waals surface area contributed by atoms with Gasteiger partial charge in [0, 0.05) is 44.6 Å². The first-order valence-electron chi connectivity index (χ1n) is 7.77. The summed E-state index contributed by atoms with van der Waals surface area (Å²) in [6.45, 7) is 3.44. The van der Waals surface area contributed by atoms with Crippen LogP contribution in [0, 0.1) is 5.82 Å². The van der Waals surface area contributed by atoms with E-state index in [0.29, 0.717) is 0 Å². The summed E-state index contributed by atoms with van der Waals surface area (Å²) in [6.07, 6.45) is 7.34. The molecular weight excluding hydrogens is 293 g/mol. The van der Waals surface area contributed by atoms with Crippen molar-refractivity contribution in [2.24, 2.45) is 0 Å². The molecule has 0 aliphatic carbocycles. The summed E-state index contributed by atoms with van der Waals surface area (Å²) in [5.74, 6) is -0.186. The number of aromatic nitrogens is 3. The molecule has 0 saturated carbocycles. The first kappa shape index (κ1) is 14.3. The fourth-order valence-corrected chi connectivity index (χ4v) is 3.20. The number of halogens is 1. The minimum Gasteiger partial charge on any atom is -0.314 e. The summed E-state index contributed by atoms with van der Waals surface area (Å²) in [7, 11) is 0. The van der Waals surface area contributed by atoms with Crippen molar-refractivity contribution in [3.63, 3.8) is 0 Å². The Morgan fingerprint density at radius 2 is 2.26 bits per heavy atom. The zero-order valence-electron chi connectivity index (χ0n) is 12.7. The second-order valence-electron chi connectivity index (χ2n) is 5.80. The molecule has 3 heterocycles. The van der Waals surface area contributed by atoms with Crippen LogP contribution < -0.4 is 5.32 Å². The van der Waals surface area contributed by atoms with Gasteiger partial charge in [0.25, 0.3) is 0 Å². The fourth-order valence-electron chi connectivity index (χ4n) is 3.20. The van der Waals surface area contributed by atoms with Gasteiger partial charge in [-0.05, 0) is 17.7 Å². The number of fused-ring (bicyclic) bond motifs is 1. The number of nitrogens with zero attached hydrogens (tertiary/aromatic N) is 4. The monoisotopic (exact) mass is 311 g/mol. The predicted octanol–water partition coefficient (Wildman–Crippen LogP) is 2.01. The highest BCUT2D eigenvalue weighted by atomic mass is 19.1. The minimum absolute atomic E-state index is 0.159. The van der Waals surface area contributed by atoms with Crippen LogP contribution in [0.3, 0.4) is 0 Å². The van der Waals surface area contributed by atoms with Crippen molar-refractivity contribution in [2.75, 3.05) is 19.6 Å². The van der Waals surface area contributed by atoms with E-state index in [-0.39, 0.29) is 11.9 Å². The summed E-state index contributed by atoms with van der Waals surface area (Å²) < 4.78 is 15.6. The van der Waals surface area contributed by atoms with Gasteiger partial charge in [0.05, 0.1) is 18.1 Å². The molecule has 0 spiro atoms. The van der Waals surface area contributed by atoms with Gasteiger partial charge in [0.15, 0.2) is 5.65 Å². The summed E-state index contributed by atoms with van der Waals surface area (Å²) in [4.78, 5) is 10.9. The van der Waals surface area contributed by atoms with Crippen LogP contribution in [0.4, 0.5) is 4.39 Å². The summed E-state index contributed by atoms with van der Waals surface area (Å²) in [6, 6.07) is 7.04. The lowest BCUT2D eigenvalue weighted by atomic mass is 10.0. The molecule has 5 nitrogen and oxygen atoms in total. The third-order valence-electron chi connectivity index (χ3n) is 4.35. The second kappa shape index (κ2) is 6.06. The van der Waals surface area contributed by atoms with Gasteiger partial charge < -0.3 is 5.32 Å². The van der Waals surface area contributed by atoms with Crippen molar-refractivity contribution >= 4 is 5.65 Å². The maximum Gasteiger partial charge on any atom is 0.155 e. The number of benzene rings is 1. The number of hydrogen-bond acceptors (Lipinski definition) is 4. The Labute approximate surface area is 133 Å². The highest BCUT2D eigenvalue weighted by Gasteiger charge is 2.25. The van der Waals surface area contributed by atoms with E-state index in [0.717, 1.165) is 43.1 Å². The molecule has 1 saturated heterocycles. The van der Waals surface area contributed by atoms with Crippen LogP contribution in [0.2, 0.25) is 0 Å². The summed E-state index contributed by atoms with van der Waals surface area (Å²) >= 11 is 0. The molecule has 1 N–H and O–H groups in total. The molecule has 0 radical (unpaired) electrons. The topological polar surface area (TPSA) is 45.5 Å². The number of rotatable bonds is 3. The van der Waals surface area contributed by atoms with Crippen molar-refractivity contribution < 1.29 is 4.39 Å². The molecule has 1 aliphatic heterocycles. The van der Waals surface area contributed by atoms with Crippen molar-refractivity contribution in [2.45, 2.75) is 12.6 Å². The van der Waals surface area contributed by atoms with Gasteiger partial charge in [-0.1, -0.05) is 12.1 Å². The van der Waals surface area contributed by atoms with E-state index in [4.69, 9.17) is 0 Å². The largest absolute Gasteiger partial charge is 0.314 e. The molecule has 1 aliphatic rings. The molecule has 23 heavy (non-hydrogen) atoms. The van der Waals surface area contributed by atoms with E-state index < -0.39 is 0 Å². The van der Waals surface area contributed by atoms with Crippen LogP contribution >= 0.6 is 0 Å². The Morgan fingerprint density at radius 1 is 1.30 bits per heavy atom. The van der Waals surface area contributed by atoms with E-state index in [1.165, 1.54) is 6.07 Å². The van der Waals surface area contributed by atoms with Crippen LogP contribution in [-0.4, -0.2) is 38.9 Å². The second-order valence-corrected chi connectivity index (χ2v) is 5.80. The molecule has 6 heteroatoms. The maximum atomic E-state index is 13.6. The molecule has 3 aromatic rings. The zero-order chi connectivity index (χ0) is 15.6. The molecule has 1 fully saturated rings. The van der Waals surface area contributed by atoms with Gasteiger partial charge in [0.1, 0.15) is 5.82 Å². The average molecular weight is 311 g/mol. The normalized spacial score (nSPS) is 19.3. The van der Waals surface area contributed by atoms with Crippen LogP contribution in [0.25, 0.3) is 5.65 Å². The first-order valence-corrected chi connectivity index (χ1v) is 7.77. The molecule has 0 amide bonds. The Bertz CT molecular complexity index is 815. The molecule has 118 valence electrons. The third kappa shape index (κ3) is 2.83. The molecule has 0 bridgehead atoms. The van der Waals surface area contributed by atoms with Crippen molar-refractivity contribution in [1.82, 2.24) is 24.6 Å². The van der Waals surface area contributed by atoms with Crippen molar-refractivity contribution in [3.8, 4) is 0 Å².